The summed E-state index contributed by atoms with van der Waals surface area (Å²) in [6, 6.07) is 9.86. The normalized spacial score (nSPS) is 34.5. The van der Waals surface area contributed by atoms with Gasteiger partial charge in [0.25, 0.3) is 0 Å². The maximum Gasteiger partial charge on any atom is 0.312 e. The molecule has 2 saturated heterocycles. The Balaban J connectivity index is 1.64. The first-order chi connectivity index (χ1) is 11.6. The highest BCUT2D eigenvalue weighted by atomic mass is 16.6. The highest BCUT2D eigenvalue weighted by molar-refractivity contribution is 5.91. The summed E-state index contributed by atoms with van der Waals surface area (Å²) < 4.78 is 11.3. The third kappa shape index (κ3) is 2.04. The van der Waals surface area contributed by atoms with Crippen LogP contribution in [0.4, 0.5) is 0 Å². The summed E-state index contributed by atoms with van der Waals surface area (Å²) >= 11 is 0. The number of esters is 1. The average molecular weight is 327 g/mol. The molecule has 1 aromatic carbocycles. The van der Waals surface area contributed by atoms with E-state index in [1.807, 2.05) is 54.3 Å². The zero-order valence-electron chi connectivity index (χ0n) is 13.8. The molecule has 126 valence electrons. The second-order valence-electron chi connectivity index (χ2n) is 6.70. The van der Waals surface area contributed by atoms with Crippen molar-refractivity contribution in [2.75, 3.05) is 13.2 Å². The van der Waals surface area contributed by atoms with Gasteiger partial charge in [-0.2, -0.15) is 0 Å². The minimum atomic E-state index is -0.678. The molecule has 4 rings (SSSR count). The van der Waals surface area contributed by atoms with E-state index in [1.165, 1.54) is 0 Å². The molecule has 0 saturated carbocycles. The standard InChI is InChI=1S/C19H21NO4/c1-3-23-18(22)15-14-9-10-19(24-14)11-20(17(21)16(15)19)12(2)13-7-5-4-6-8-13/h4-10,12,14-16H,3,11H2,1-2H3/t12?,14-,15-,16+,19-/m1/s1. The van der Waals surface area contributed by atoms with Crippen molar-refractivity contribution in [3.05, 3.63) is 48.0 Å². The molecule has 1 amide bonds. The lowest BCUT2D eigenvalue weighted by atomic mass is 9.77. The minimum absolute atomic E-state index is 0.0174. The van der Waals surface area contributed by atoms with Gasteiger partial charge in [-0.05, 0) is 19.4 Å². The van der Waals surface area contributed by atoms with Gasteiger partial charge in [0.15, 0.2) is 0 Å². The van der Waals surface area contributed by atoms with Gasteiger partial charge in [0.1, 0.15) is 11.5 Å². The number of ether oxygens (including phenoxy) is 2. The Bertz CT molecular complexity index is 701. The van der Waals surface area contributed by atoms with Crippen LogP contribution in [-0.4, -0.2) is 41.6 Å². The largest absolute Gasteiger partial charge is 0.466 e. The molecule has 0 aromatic heterocycles. The number of carbonyl (C=O) groups is 2. The van der Waals surface area contributed by atoms with Crippen LogP contribution in [0.25, 0.3) is 0 Å². The van der Waals surface area contributed by atoms with Crippen molar-refractivity contribution >= 4 is 11.9 Å². The lowest BCUT2D eigenvalue weighted by molar-refractivity contribution is -0.153. The van der Waals surface area contributed by atoms with E-state index in [9.17, 15) is 9.59 Å². The zero-order valence-corrected chi connectivity index (χ0v) is 13.8. The maximum atomic E-state index is 13.1. The molecular weight excluding hydrogens is 306 g/mol. The van der Waals surface area contributed by atoms with Gasteiger partial charge < -0.3 is 14.4 Å². The van der Waals surface area contributed by atoms with Gasteiger partial charge in [-0.15, -0.1) is 0 Å². The van der Waals surface area contributed by atoms with E-state index >= 15 is 0 Å². The van der Waals surface area contributed by atoms with Crippen LogP contribution in [0.15, 0.2) is 42.5 Å². The quantitative estimate of drug-likeness (QED) is 0.628. The Labute approximate surface area is 141 Å². The molecule has 5 atom stereocenters. The van der Waals surface area contributed by atoms with Gasteiger partial charge >= 0.3 is 5.97 Å². The lowest BCUT2D eigenvalue weighted by Gasteiger charge is -2.27. The molecule has 0 radical (unpaired) electrons. The lowest BCUT2D eigenvalue weighted by Crippen LogP contribution is -2.40. The van der Waals surface area contributed by atoms with E-state index in [1.54, 1.807) is 6.92 Å². The number of hydrogen-bond donors (Lipinski definition) is 0. The number of hydrogen-bond acceptors (Lipinski definition) is 4. The molecule has 5 nitrogen and oxygen atoms in total. The Morgan fingerprint density at radius 2 is 2.17 bits per heavy atom. The van der Waals surface area contributed by atoms with Crippen molar-refractivity contribution in [1.82, 2.24) is 4.90 Å². The Morgan fingerprint density at radius 1 is 1.42 bits per heavy atom. The maximum absolute atomic E-state index is 13.1. The van der Waals surface area contributed by atoms with E-state index in [2.05, 4.69) is 0 Å². The number of carbonyl (C=O) groups excluding carboxylic acids is 2. The smallest absolute Gasteiger partial charge is 0.312 e. The van der Waals surface area contributed by atoms with Crippen molar-refractivity contribution in [3.8, 4) is 0 Å². The third-order valence-corrected chi connectivity index (χ3v) is 5.44. The first-order valence-electron chi connectivity index (χ1n) is 8.46. The summed E-state index contributed by atoms with van der Waals surface area (Å²) in [4.78, 5) is 27.3. The van der Waals surface area contributed by atoms with Crippen LogP contribution < -0.4 is 0 Å². The number of likely N-dealkylation sites (tertiary alicyclic amines) is 1. The van der Waals surface area contributed by atoms with E-state index in [4.69, 9.17) is 9.47 Å². The van der Waals surface area contributed by atoms with Gasteiger partial charge in [-0.1, -0.05) is 42.5 Å². The molecular formula is C19H21NO4. The summed E-state index contributed by atoms with van der Waals surface area (Å²) in [6.07, 6.45) is 3.53. The summed E-state index contributed by atoms with van der Waals surface area (Å²) in [5, 5.41) is 0. The second kappa shape index (κ2) is 5.45. The summed E-state index contributed by atoms with van der Waals surface area (Å²) in [5.74, 6) is -1.36. The zero-order chi connectivity index (χ0) is 16.9. The van der Waals surface area contributed by atoms with Crippen molar-refractivity contribution in [1.29, 1.82) is 0 Å². The summed E-state index contributed by atoms with van der Waals surface area (Å²) in [5.41, 5.74) is 0.399. The van der Waals surface area contributed by atoms with Crippen LogP contribution in [0.1, 0.15) is 25.5 Å². The molecule has 3 aliphatic rings. The summed E-state index contributed by atoms with van der Waals surface area (Å²) in [7, 11) is 0. The molecule has 5 heteroatoms. The van der Waals surface area contributed by atoms with Crippen LogP contribution >= 0.6 is 0 Å². The van der Waals surface area contributed by atoms with E-state index in [0.717, 1.165) is 5.56 Å². The second-order valence-corrected chi connectivity index (χ2v) is 6.70. The van der Waals surface area contributed by atoms with Crippen LogP contribution in [-0.2, 0) is 19.1 Å². The highest BCUT2D eigenvalue weighted by Crippen LogP contribution is 2.53. The number of fused-ring (bicyclic) bond motifs is 1. The molecule has 3 heterocycles. The van der Waals surface area contributed by atoms with E-state index < -0.39 is 17.4 Å². The number of nitrogens with zero attached hydrogens (tertiary/aromatic N) is 1. The minimum Gasteiger partial charge on any atom is -0.466 e. The van der Waals surface area contributed by atoms with Crippen LogP contribution in [0.5, 0.6) is 0 Å². The van der Waals surface area contributed by atoms with Crippen LogP contribution in [0, 0.1) is 11.8 Å². The van der Waals surface area contributed by atoms with E-state index in [0.29, 0.717) is 13.2 Å². The van der Waals surface area contributed by atoms with Gasteiger partial charge in [-0.3, -0.25) is 9.59 Å². The van der Waals surface area contributed by atoms with Crippen molar-refractivity contribution in [2.45, 2.75) is 31.6 Å². The fourth-order valence-electron chi connectivity index (χ4n) is 4.27. The van der Waals surface area contributed by atoms with Crippen LogP contribution in [0.2, 0.25) is 0 Å². The molecule has 24 heavy (non-hydrogen) atoms. The third-order valence-electron chi connectivity index (χ3n) is 5.44. The van der Waals surface area contributed by atoms with Gasteiger partial charge in [0, 0.05) is 0 Å². The Hall–Kier alpha value is -2.14. The Morgan fingerprint density at radius 3 is 2.88 bits per heavy atom. The van der Waals surface area contributed by atoms with Crippen molar-refractivity contribution < 1.29 is 19.1 Å². The first-order valence-corrected chi connectivity index (χ1v) is 8.46. The van der Waals surface area contributed by atoms with Crippen molar-refractivity contribution in [3.63, 3.8) is 0 Å². The molecule has 1 spiro atoms. The predicted molar refractivity (Wildman–Crippen MR) is 86.9 cm³/mol. The van der Waals surface area contributed by atoms with Gasteiger partial charge in [0.05, 0.1) is 31.2 Å². The fraction of sp³-hybridized carbons (Fsp3) is 0.474. The predicted octanol–water partition coefficient (Wildman–Crippen LogP) is 2.09. The molecule has 0 aliphatic carbocycles. The van der Waals surface area contributed by atoms with Crippen molar-refractivity contribution in [2.24, 2.45) is 11.8 Å². The van der Waals surface area contributed by atoms with Gasteiger partial charge in [-0.25, -0.2) is 0 Å². The molecule has 3 aliphatic heterocycles. The fourth-order valence-corrected chi connectivity index (χ4v) is 4.27. The SMILES string of the molecule is CCOC(=O)[C@H]1[C@H]2C(=O)N(C(C)c3ccccc3)C[C@]23C=C[C@H]1O3. The van der Waals surface area contributed by atoms with Crippen LogP contribution in [0.3, 0.4) is 0 Å². The Kier molecular flexibility index (Phi) is 3.49. The number of rotatable bonds is 4. The molecule has 1 unspecified atom stereocenters. The van der Waals surface area contributed by atoms with Gasteiger partial charge in [0.2, 0.25) is 5.91 Å². The highest BCUT2D eigenvalue weighted by Gasteiger charge is 2.67. The molecule has 2 bridgehead atoms. The summed E-state index contributed by atoms with van der Waals surface area (Å²) in [6.45, 7) is 4.58. The topological polar surface area (TPSA) is 55.8 Å². The van der Waals surface area contributed by atoms with E-state index in [-0.39, 0.29) is 24.0 Å². The number of benzene rings is 1. The number of amides is 1. The average Bonchev–Trinajstić information content (AvgIpc) is 3.23. The monoisotopic (exact) mass is 327 g/mol. The molecule has 1 aromatic rings. The first kappa shape index (κ1) is 15.4. The molecule has 0 N–H and O–H groups in total. The molecule has 2 fully saturated rings.